The van der Waals surface area contributed by atoms with Crippen molar-refractivity contribution in [3.63, 3.8) is 0 Å². The molecule has 0 radical (unpaired) electrons. The van der Waals surface area contributed by atoms with Gasteiger partial charge in [-0.1, -0.05) is 38.8 Å². The van der Waals surface area contributed by atoms with Gasteiger partial charge in [0.05, 0.1) is 18.1 Å². The number of hydrogen-bond donors (Lipinski definition) is 4. The van der Waals surface area contributed by atoms with Crippen molar-refractivity contribution in [2.75, 3.05) is 13.7 Å². The number of carbonyl (C=O) groups is 2. The van der Waals surface area contributed by atoms with Gasteiger partial charge in [0.15, 0.2) is 6.29 Å². The molecule has 5 aliphatic rings. The number of fused-ring (bicyclic) bond motifs is 2. The lowest BCUT2D eigenvalue weighted by Gasteiger charge is -2.58. The van der Waals surface area contributed by atoms with E-state index in [0.29, 0.717) is 17.9 Å². The maximum absolute atomic E-state index is 13.5. The van der Waals surface area contributed by atoms with Gasteiger partial charge >= 0.3 is 11.9 Å². The van der Waals surface area contributed by atoms with E-state index in [2.05, 4.69) is 6.92 Å². The third-order valence-electron chi connectivity index (χ3n) is 10.8. The Morgan fingerprint density at radius 3 is 2.39 bits per heavy atom. The molecule has 1 saturated heterocycles. The summed E-state index contributed by atoms with van der Waals surface area (Å²) in [6.07, 6.45) is -0.626. The Bertz CT molecular complexity index is 963. The van der Waals surface area contributed by atoms with E-state index < -0.39 is 58.9 Å². The average molecular weight is 509 g/mol. The third-order valence-corrected chi connectivity index (χ3v) is 10.8. The second-order valence-corrected chi connectivity index (χ2v) is 12.3. The van der Waals surface area contributed by atoms with Gasteiger partial charge in [0.25, 0.3) is 0 Å². The first kappa shape index (κ1) is 26.1. The van der Waals surface area contributed by atoms with E-state index in [1.54, 1.807) is 6.92 Å². The summed E-state index contributed by atoms with van der Waals surface area (Å²) in [5.41, 5.74) is -3.30. The van der Waals surface area contributed by atoms with Crippen molar-refractivity contribution < 1.29 is 44.2 Å². The molecule has 0 spiro atoms. The highest BCUT2D eigenvalue weighted by Crippen LogP contribution is 2.83. The Balaban J connectivity index is 1.59. The van der Waals surface area contributed by atoms with Crippen LogP contribution in [0.4, 0.5) is 0 Å². The van der Waals surface area contributed by atoms with Crippen LogP contribution >= 0.6 is 0 Å². The summed E-state index contributed by atoms with van der Waals surface area (Å²) in [5.74, 6) is -2.35. The van der Waals surface area contributed by atoms with Crippen molar-refractivity contribution in [1.82, 2.24) is 0 Å². The van der Waals surface area contributed by atoms with Crippen LogP contribution in [0.1, 0.15) is 53.4 Å². The van der Waals surface area contributed by atoms with Crippen LogP contribution in [0.15, 0.2) is 11.6 Å². The number of methoxy groups -OCH3 is 1. The van der Waals surface area contributed by atoms with Crippen molar-refractivity contribution in [2.24, 2.45) is 45.8 Å². The van der Waals surface area contributed by atoms with E-state index >= 15 is 0 Å². The molecular weight excluding hydrogens is 468 g/mol. The SMILES string of the molecule is COC1C(C)OC(OCC23CC4C(C)CCC4C4(C(=O)O)CC2C=C(C(C)C)C34C(=O)O)C(O)C1O. The van der Waals surface area contributed by atoms with Gasteiger partial charge in [-0.15, -0.1) is 0 Å². The fourth-order valence-corrected chi connectivity index (χ4v) is 9.44. The topological polar surface area (TPSA) is 143 Å². The fraction of sp³-hybridized carbons (Fsp3) is 0.852. The van der Waals surface area contributed by atoms with Crippen LogP contribution in [0, 0.1) is 45.8 Å². The Hall–Kier alpha value is -1.52. The molecule has 4 N–H and O–H groups in total. The summed E-state index contributed by atoms with van der Waals surface area (Å²) in [6, 6.07) is 0. The molecule has 1 heterocycles. The molecule has 9 heteroatoms. The second-order valence-electron chi connectivity index (χ2n) is 12.3. The first-order valence-corrected chi connectivity index (χ1v) is 13.3. The molecule has 4 fully saturated rings. The lowest BCUT2D eigenvalue weighted by Crippen LogP contribution is -2.66. The lowest BCUT2D eigenvalue weighted by atomic mass is 9.42. The van der Waals surface area contributed by atoms with Gasteiger partial charge in [0, 0.05) is 12.5 Å². The first-order valence-electron chi connectivity index (χ1n) is 13.3. The second kappa shape index (κ2) is 8.50. The zero-order chi connectivity index (χ0) is 26.4. The standard InChI is InChI=1S/C27H40O9/c1-12(2)18-8-15-9-26(23(30)31)17-7-6-13(3)16(17)10-25(15,27(18,26)24(32)33)11-35-22-20(29)19(28)21(34-5)14(4)36-22/h8,12-17,19-22,28-29H,6-7,9-11H2,1-5H3,(H,30,31)(H,32,33). The number of aliphatic hydroxyl groups excluding tert-OH is 2. The van der Waals surface area contributed by atoms with Gasteiger partial charge in [-0.3, -0.25) is 9.59 Å². The van der Waals surface area contributed by atoms with Gasteiger partial charge in [-0.05, 0) is 55.8 Å². The zero-order valence-corrected chi connectivity index (χ0v) is 21.7. The number of carboxylic acid groups (broad SMARTS) is 2. The van der Waals surface area contributed by atoms with E-state index in [9.17, 15) is 30.0 Å². The third kappa shape index (κ3) is 2.89. The van der Waals surface area contributed by atoms with Crippen molar-refractivity contribution in [2.45, 2.75) is 84.1 Å². The zero-order valence-electron chi connectivity index (χ0n) is 21.7. The van der Waals surface area contributed by atoms with Crippen molar-refractivity contribution in [3.05, 3.63) is 11.6 Å². The highest BCUT2D eigenvalue weighted by atomic mass is 16.7. The van der Waals surface area contributed by atoms with Gasteiger partial charge in [-0.2, -0.15) is 0 Å². The summed E-state index contributed by atoms with van der Waals surface area (Å²) < 4.78 is 17.3. The number of carboxylic acids is 2. The maximum atomic E-state index is 13.5. The van der Waals surface area contributed by atoms with Crippen LogP contribution in [-0.4, -0.2) is 76.8 Å². The number of allylic oxidation sites excluding steroid dienone is 1. The quantitative estimate of drug-likeness (QED) is 0.381. The van der Waals surface area contributed by atoms with Crippen LogP contribution in [0.25, 0.3) is 0 Å². The minimum absolute atomic E-state index is 0.0690. The molecular formula is C27H40O9. The maximum Gasteiger partial charge on any atom is 0.315 e. The van der Waals surface area contributed by atoms with Gasteiger partial charge < -0.3 is 34.6 Å². The number of ether oxygens (including phenoxy) is 3. The largest absolute Gasteiger partial charge is 0.481 e. The van der Waals surface area contributed by atoms with E-state index in [1.165, 1.54) is 7.11 Å². The Labute approximate surface area is 211 Å². The molecule has 1 aliphatic heterocycles. The summed E-state index contributed by atoms with van der Waals surface area (Å²) >= 11 is 0. The molecule has 0 aromatic heterocycles. The number of rotatable bonds is 7. The molecule has 202 valence electrons. The van der Waals surface area contributed by atoms with Crippen molar-refractivity contribution in [3.8, 4) is 0 Å². The monoisotopic (exact) mass is 508 g/mol. The van der Waals surface area contributed by atoms with E-state index in [-0.39, 0.29) is 36.7 Å². The smallest absolute Gasteiger partial charge is 0.315 e. The molecule has 12 atom stereocenters. The summed E-state index contributed by atoms with van der Waals surface area (Å²) in [5, 5.41) is 43.2. The fourth-order valence-electron chi connectivity index (χ4n) is 9.44. The predicted octanol–water partition coefficient (Wildman–Crippen LogP) is 2.29. The highest BCUT2D eigenvalue weighted by molar-refractivity contribution is 5.94. The number of aliphatic hydroxyl groups is 2. The van der Waals surface area contributed by atoms with E-state index in [0.717, 1.165) is 12.8 Å². The molecule has 12 unspecified atom stereocenters. The molecule has 4 aliphatic carbocycles. The van der Waals surface area contributed by atoms with Crippen molar-refractivity contribution >= 4 is 11.9 Å². The predicted molar refractivity (Wildman–Crippen MR) is 127 cm³/mol. The van der Waals surface area contributed by atoms with Crippen LogP contribution in [0.5, 0.6) is 0 Å². The van der Waals surface area contributed by atoms with Crippen LogP contribution < -0.4 is 0 Å². The number of aliphatic carboxylic acids is 2. The number of hydrogen-bond acceptors (Lipinski definition) is 7. The molecule has 0 aromatic carbocycles. The van der Waals surface area contributed by atoms with Gasteiger partial charge in [-0.25, -0.2) is 0 Å². The van der Waals surface area contributed by atoms with Crippen LogP contribution in [0.2, 0.25) is 0 Å². The molecule has 36 heavy (non-hydrogen) atoms. The molecule has 9 nitrogen and oxygen atoms in total. The molecule has 0 aromatic rings. The average Bonchev–Trinajstić information content (AvgIpc) is 3.38. The summed E-state index contributed by atoms with van der Waals surface area (Å²) in [7, 11) is 1.43. The lowest BCUT2D eigenvalue weighted by molar-refractivity contribution is -0.307. The van der Waals surface area contributed by atoms with E-state index in [4.69, 9.17) is 14.2 Å². The van der Waals surface area contributed by atoms with Crippen LogP contribution in [0.3, 0.4) is 0 Å². The molecule has 5 rings (SSSR count). The normalized spacial score (nSPS) is 51.3. The highest BCUT2D eigenvalue weighted by Gasteiger charge is 2.86. The van der Waals surface area contributed by atoms with E-state index in [1.807, 2.05) is 19.9 Å². The first-order chi connectivity index (χ1) is 16.9. The van der Waals surface area contributed by atoms with Gasteiger partial charge in [0.2, 0.25) is 0 Å². The van der Waals surface area contributed by atoms with Crippen molar-refractivity contribution in [1.29, 1.82) is 0 Å². The summed E-state index contributed by atoms with van der Waals surface area (Å²) in [6.45, 7) is 7.66. The Morgan fingerprint density at radius 2 is 1.81 bits per heavy atom. The Kier molecular flexibility index (Phi) is 6.16. The molecule has 0 amide bonds. The molecule has 3 saturated carbocycles. The summed E-state index contributed by atoms with van der Waals surface area (Å²) in [4.78, 5) is 26.8. The Morgan fingerprint density at radius 1 is 1.11 bits per heavy atom. The van der Waals surface area contributed by atoms with Gasteiger partial charge in [0.1, 0.15) is 23.7 Å². The van der Waals surface area contributed by atoms with Crippen LogP contribution in [-0.2, 0) is 23.8 Å². The molecule has 4 bridgehead atoms. The minimum atomic E-state index is -1.60. The minimum Gasteiger partial charge on any atom is -0.481 e.